The lowest BCUT2D eigenvalue weighted by atomic mass is 10.1. The molecule has 1 atom stereocenters. The van der Waals surface area contributed by atoms with Crippen molar-refractivity contribution in [2.75, 3.05) is 0 Å². The molecule has 0 amide bonds. The van der Waals surface area contributed by atoms with E-state index in [1.165, 1.54) is 31.2 Å². The topological polar surface area (TPSA) is 86.5 Å². The third-order valence-corrected chi connectivity index (χ3v) is 3.53. The van der Waals surface area contributed by atoms with E-state index in [4.69, 9.17) is 4.74 Å². The van der Waals surface area contributed by atoms with Crippen LogP contribution in [0.4, 0.5) is 5.69 Å². The fraction of sp³-hybridized carbons (Fsp3) is 0.158. The van der Waals surface area contributed by atoms with Crippen molar-refractivity contribution < 1.29 is 19.2 Å². The molecule has 0 bridgehead atoms. The zero-order valence-corrected chi connectivity index (χ0v) is 13.8. The zero-order chi connectivity index (χ0) is 18.4. The average Bonchev–Trinajstić information content (AvgIpc) is 2.60. The van der Waals surface area contributed by atoms with Gasteiger partial charge < -0.3 is 4.74 Å². The number of esters is 1. The lowest BCUT2D eigenvalue weighted by molar-refractivity contribution is -0.385. The number of benzene rings is 2. The van der Waals surface area contributed by atoms with E-state index >= 15 is 0 Å². The van der Waals surface area contributed by atoms with E-state index in [-0.39, 0.29) is 17.0 Å². The van der Waals surface area contributed by atoms with E-state index < -0.39 is 17.0 Å². The molecule has 128 valence electrons. The minimum atomic E-state index is -0.953. The number of nitro benzene ring substituents is 1. The van der Waals surface area contributed by atoms with Gasteiger partial charge in [0.05, 0.1) is 10.5 Å². The summed E-state index contributed by atoms with van der Waals surface area (Å²) in [5, 5.41) is 10.9. The third kappa shape index (κ3) is 4.84. The van der Waals surface area contributed by atoms with Gasteiger partial charge in [0.1, 0.15) is 0 Å². The van der Waals surface area contributed by atoms with Crippen molar-refractivity contribution in [3.05, 3.63) is 81.4 Å². The molecule has 0 saturated carbocycles. The minimum absolute atomic E-state index is 0.115. The fourth-order valence-corrected chi connectivity index (χ4v) is 2.17. The number of ether oxygens (including phenoxy) is 1. The van der Waals surface area contributed by atoms with Crippen LogP contribution < -0.4 is 0 Å². The number of hydrogen-bond donors (Lipinski definition) is 0. The fourth-order valence-electron chi connectivity index (χ4n) is 2.17. The van der Waals surface area contributed by atoms with Crippen molar-refractivity contribution in [1.82, 2.24) is 0 Å². The second-order valence-corrected chi connectivity index (χ2v) is 5.46. The Balaban J connectivity index is 2.03. The number of carbonyl (C=O) groups is 2. The van der Waals surface area contributed by atoms with Gasteiger partial charge in [0.15, 0.2) is 6.10 Å². The molecule has 0 aliphatic heterocycles. The van der Waals surface area contributed by atoms with Gasteiger partial charge in [-0.3, -0.25) is 14.9 Å². The number of hydrogen-bond acceptors (Lipinski definition) is 5. The van der Waals surface area contributed by atoms with E-state index in [9.17, 15) is 19.7 Å². The predicted octanol–water partition coefficient (Wildman–Crippen LogP) is 3.73. The van der Waals surface area contributed by atoms with Crippen LogP contribution in [0.3, 0.4) is 0 Å². The van der Waals surface area contributed by atoms with Gasteiger partial charge in [-0.25, -0.2) is 4.79 Å². The molecule has 0 saturated heterocycles. The maximum absolute atomic E-state index is 12.2. The number of para-hydroxylation sites is 1. The van der Waals surface area contributed by atoms with Gasteiger partial charge in [-0.15, -0.1) is 0 Å². The molecule has 6 nitrogen and oxygen atoms in total. The molecule has 0 radical (unpaired) electrons. The standard InChI is InChI=1S/C19H17NO5/c1-13-7-9-16(10-8-13)19(22)14(2)25-18(21)12-11-15-5-3-4-6-17(15)20(23)24/h3-12,14H,1-2H3/b12-11+/t14-/m1/s1. The van der Waals surface area contributed by atoms with Crippen molar-refractivity contribution in [1.29, 1.82) is 0 Å². The molecule has 2 rings (SSSR count). The number of nitrogens with zero attached hydrogens (tertiary/aromatic N) is 1. The molecular weight excluding hydrogens is 322 g/mol. The van der Waals surface area contributed by atoms with Crippen molar-refractivity contribution in [3.8, 4) is 0 Å². The highest BCUT2D eigenvalue weighted by atomic mass is 16.6. The van der Waals surface area contributed by atoms with E-state index in [2.05, 4.69) is 0 Å². The summed E-state index contributed by atoms with van der Waals surface area (Å²) in [6, 6.07) is 13.0. The van der Waals surface area contributed by atoms with Crippen LogP contribution in [0.15, 0.2) is 54.6 Å². The molecule has 0 aliphatic carbocycles. The Kier molecular flexibility index (Phi) is 5.79. The quantitative estimate of drug-likeness (QED) is 0.263. The summed E-state index contributed by atoms with van der Waals surface area (Å²) in [5.74, 6) is -1.06. The maximum Gasteiger partial charge on any atom is 0.331 e. The highest BCUT2D eigenvalue weighted by Gasteiger charge is 2.18. The molecule has 0 spiro atoms. The molecule has 0 fully saturated rings. The van der Waals surface area contributed by atoms with Crippen LogP contribution in [-0.4, -0.2) is 22.8 Å². The summed E-state index contributed by atoms with van der Waals surface area (Å²) < 4.78 is 5.07. The van der Waals surface area contributed by atoms with E-state index in [1.807, 2.05) is 6.92 Å². The van der Waals surface area contributed by atoms with Crippen LogP contribution >= 0.6 is 0 Å². The van der Waals surface area contributed by atoms with Crippen LogP contribution in [0.25, 0.3) is 6.08 Å². The second kappa shape index (κ2) is 8.01. The monoisotopic (exact) mass is 339 g/mol. The number of ketones is 1. The van der Waals surface area contributed by atoms with Crippen LogP contribution in [0.1, 0.15) is 28.4 Å². The summed E-state index contributed by atoms with van der Waals surface area (Å²) in [5.41, 5.74) is 1.64. The number of Topliss-reactive ketones (excluding diaryl/α,β-unsaturated/α-hetero) is 1. The van der Waals surface area contributed by atoms with Gasteiger partial charge in [0.25, 0.3) is 5.69 Å². The molecule has 2 aromatic rings. The number of nitro groups is 1. The normalized spacial score (nSPS) is 11.9. The molecule has 0 unspecified atom stereocenters. The molecule has 0 aromatic heterocycles. The third-order valence-electron chi connectivity index (χ3n) is 3.53. The summed E-state index contributed by atoms with van der Waals surface area (Å²) in [7, 11) is 0. The molecule has 0 N–H and O–H groups in total. The molecule has 2 aromatic carbocycles. The van der Waals surface area contributed by atoms with Gasteiger partial charge in [-0.1, -0.05) is 42.0 Å². The van der Waals surface area contributed by atoms with Gasteiger partial charge in [-0.2, -0.15) is 0 Å². The van der Waals surface area contributed by atoms with Gasteiger partial charge in [-0.05, 0) is 26.0 Å². The molecular formula is C19H17NO5. The van der Waals surface area contributed by atoms with Crippen molar-refractivity contribution in [2.45, 2.75) is 20.0 Å². The average molecular weight is 339 g/mol. The van der Waals surface area contributed by atoms with Crippen LogP contribution in [-0.2, 0) is 9.53 Å². The molecule has 0 aliphatic rings. The highest BCUT2D eigenvalue weighted by Crippen LogP contribution is 2.19. The number of carbonyl (C=O) groups excluding carboxylic acids is 2. The number of rotatable bonds is 6. The zero-order valence-electron chi connectivity index (χ0n) is 13.8. The lowest BCUT2D eigenvalue weighted by Gasteiger charge is -2.11. The largest absolute Gasteiger partial charge is 0.451 e. The molecule has 0 heterocycles. The first-order valence-electron chi connectivity index (χ1n) is 7.61. The number of aryl methyl sites for hydroxylation is 1. The first kappa shape index (κ1) is 18.1. The summed E-state index contributed by atoms with van der Waals surface area (Å²) in [4.78, 5) is 34.5. The molecule has 25 heavy (non-hydrogen) atoms. The lowest BCUT2D eigenvalue weighted by Crippen LogP contribution is -2.23. The highest BCUT2D eigenvalue weighted by molar-refractivity contribution is 6.01. The maximum atomic E-state index is 12.2. The smallest absolute Gasteiger partial charge is 0.331 e. The Hall–Kier alpha value is -3.28. The Morgan fingerprint density at radius 1 is 1.12 bits per heavy atom. The van der Waals surface area contributed by atoms with Gasteiger partial charge >= 0.3 is 5.97 Å². The first-order valence-corrected chi connectivity index (χ1v) is 7.61. The van der Waals surface area contributed by atoms with E-state index in [0.29, 0.717) is 5.56 Å². The Bertz CT molecular complexity index is 824. The first-order chi connectivity index (χ1) is 11.9. The Morgan fingerprint density at radius 3 is 2.40 bits per heavy atom. The van der Waals surface area contributed by atoms with Gasteiger partial charge in [0, 0.05) is 17.7 Å². The van der Waals surface area contributed by atoms with Crippen LogP contribution in [0.2, 0.25) is 0 Å². The van der Waals surface area contributed by atoms with E-state index in [1.54, 1.807) is 30.3 Å². The summed E-state index contributed by atoms with van der Waals surface area (Å²) in [6.45, 7) is 3.39. The van der Waals surface area contributed by atoms with Gasteiger partial charge in [0.2, 0.25) is 5.78 Å². The Labute approximate surface area is 144 Å². The minimum Gasteiger partial charge on any atom is -0.451 e. The van der Waals surface area contributed by atoms with Crippen molar-refractivity contribution in [2.24, 2.45) is 0 Å². The second-order valence-electron chi connectivity index (χ2n) is 5.46. The van der Waals surface area contributed by atoms with E-state index in [0.717, 1.165) is 11.6 Å². The van der Waals surface area contributed by atoms with Crippen molar-refractivity contribution >= 4 is 23.5 Å². The predicted molar refractivity (Wildman–Crippen MR) is 93.2 cm³/mol. The Morgan fingerprint density at radius 2 is 1.76 bits per heavy atom. The molecule has 6 heteroatoms. The van der Waals surface area contributed by atoms with Crippen molar-refractivity contribution in [3.63, 3.8) is 0 Å². The summed E-state index contributed by atoms with van der Waals surface area (Å²) in [6.07, 6.45) is 1.41. The summed E-state index contributed by atoms with van der Waals surface area (Å²) >= 11 is 0. The van der Waals surface area contributed by atoms with Crippen LogP contribution in [0.5, 0.6) is 0 Å². The van der Waals surface area contributed by atoms with Crippen LogP contribution in [0, 0.1) is 17.0 Å². The SMILES string of the molecule is Cc1ccc(C(=O)[C@@H](C)OC(=O)/C=C/c2ccccc2[N+](=O)[O-])cc1.